The van der Waals surface area contributed by atoms with Crippen molar-refractivity contribution in [3.63, 3.8) is 0 Å². The molecule has 2 aromatic rings. The van der Waals surface area contributed by atoms with Gasteiger partial charge in [-0.05, 0) is 29.8 Å². The van der Waals surface area contributed by atoms with Crippen LogP contribution in [0.3, 0.4) is 0 Å². The van der Waals surface area contributed by atoms with Crippen LogP contribution < -0.4 is 14.2 Å². The van der Waals surface area contributed by atoms with E-state index < -0.39 is 5.97 Å². The van der Waals surface area contributed by atoms with Gasteiger partial charge >= 0.3 is 5.97 Å². The van der Waals surface area contributed by atoms with E-state index in [4.69, 9.17) is 18.9 Å². The van der Waals surface area contributed by atoms with Crippen molar-refractivity contribution in [3.8, 4) is 17.2 Å². The van der Waals surface area contributed by atoms with Crippen LogP contribution in [0.2, 0.25) is 0 Å². The van der Waals surface area contributed by atoms with E-state index in [1.165, 1.54) is 7.11 Å². The van der Waals surface area contributed by atoms with Crippen molar-refractivity contribution >= 4 is 18.1 Å². The zero-order valence-electron chi connectivity index (χ0n) is 14.2. The van der Waals surface area contributed by atoms with Gasteiger partial charge in [-0.2, -0.15) is 0 Å². The summed E-state index contributed by atoms with van der Waals surface area (Å²) in [6, 6.07) is 10.8. The minimum Gasteiger partial charge on any atom is -0.497 e. The fraction of sp³-hybridized carbons (Fsp3) is 0.211. The SMILES string of the molecule is COC(=O)c1ccc(/C=C/c2cc(OC)cc(OC)c2)c(OC)c1. The predicted octanol–water partition coefficient (Wildman–Crippen LogP) is 3.67. The van der Waals surface area contributed by atoms with Crippen LogP contribution in [0.25, 0.3) is 12.2 Å². The summed E-state index contributed by atoms with van der Waals surface area (Å²) in [5.74, 6) is 1.61. The molecule has 2 rings (SSSR count). The molecule has 0 aliphatic carbocycles. The van der Waals surface area contributed by atoms with Crippen LogP contribution in [-0.2, 0) is 4.74 Å². The Bertz CT molecular complexity index is 727. The van der Waals surface area contributed by atoms with E-state index in [2.05, 4.69) is 0 Å². The van der Waals surface area contributed by atoms with Gasteiger partial charge in [-0.3, -0.25) is 0 Å². The first-order valence-corrected chi connectivity index (χ1v) is 7.28. The van der Waals surface area contributed by atoms with Crippen LogP contribution in [0.1, 0.15) is 21.5 Å². The van der Waals surface area contributed by atoms with E-state index in [9.17, 15) is 4.79 Å². The number of rotatable bonds is 6. The lowest BCUT2D eigenvalue weighted by molar-refractivity contribution is 0.0600. The summed E-state index contributed by atoms with van der Waals surface area (Å²) in [6.45, 7) is 0. The summed E-state index contributed by atoms with van der Waals surface area (Å²) in [4.78, 5) is 11.6. The first kappa shape index (κ1) is 17.4. The van der Waals surface area contributed by atoms with E-state index in [0.29, 0.717) is 22.8 Å². The Morgan fingerprint density at radius 2 is 1.50 bits per heavy atom. The van der Waals surface area contributed by atoms with E-state index in [0.717, 1.165) is 11.1 Å². The maximum absolute atomic E-state index is 11.6. The fourth-order valence-electron chi connectivity index (χ4n) is 2.21. The molecule has 0 bridgehead atoms. The molecule has 0 saturated heterocycles. The number of ether oxygens (including phenoxy) is 4. The number of carbonyl (C=O) groups excluding carboxylic acids is 1. The molecular weight excluding hydrogens is 308 g/mol. The molecule has 0 radical (unpaired) electrons. The zero-order chi connectivity index (χ0) is 17.5. The van der Waals surface area contributed by atoms with E-state index in [1.54, 1.807) is 39.5 Å². The molecule has 24 heavy (non-hydrogen) atoms. The maximum Gasteiger partial charge on any atom is 0.337 e. The molecule has 0 aromatic heterocycles. The van der Waals surface area contributed by atoms with Crippen molar-refractivity contribution in [1.29, 1.82) is 0 Å². The van der Waals surface area contributed by atoms with Crippen LogP contribution in [-0.4, -0.2) is 34.4 Å². The Morgan fingerprint density at radius 1 is 0.833 bits per heavy atom. The number of esters is 1. The second-order valence-corrected chi connectivity index (χ2v) is 4.93. The van der Waals surface area contributed by atoms with Crippen LogP contribution in [0.15, 0.2) is 36.4 Å². The molecule has 0 saturated carbocycles. The van der Waals surface area contributed by atoms with Crippen LogP contribution in [0.4, 0.5) is 0 Å². The molecule has 0 spiro atoms. The molecule has 0 fully saturated rings. The summed E-state index contributed by atoms with van der Waals surface area (Å²) in [6.07, 6.45) is 3.81. The normalized spacial score (nSPS) is 10.5. The molecule has 0 aliphatic rings. The number of hydrogen-bond donors (Lipinski definition) is 0. The Hall–Kier alpha value is -2.95. The fourth-order valence-corrected chi connectivity index (χ4v) is 2.21. The third kappa shape index (κ3) is 4.07. The third-order valence-corrected chi connectivity index (χ3v) is 3.48. The minimum atomic E-state index is -0.402. The van der Waals surface area contributed by atoms with Crippen molar-refractivity contribution in [1.82, 2.24) is 0 Å². The summed E-state index contributed by atoms with van der Waals surface area (Å²) in [5, 5.41) is 0. The topological polar surface area (TPSA) is 54.0 Å². The van der Waals surface area contributed by atoms with Gasteiger partial charge in [0, 0.05) is 11.6 Å². The monoisotopic (exact) mass is 328 g/mol. The average Bonchev–Trinajstić information content (AvgIpc) is 2.64. The Morgan fingerprint density at radius 3 is 2.04 bits per heavy atom. The van der Waals surface area contributed by atoms with Gasteiger partial charge in [-0.25, -0.2) is 4.79 Å². The van der Waals surface area contributed by atoms with Gasteiger partial charge in [0.15, 0.2) is 0 Å². The van der Waals surface area contributed by atoms with Crippen molar-refractivity contribution in [2.75, 3.05) is 28.4 Å². The van der Waals surface area contributed by atoms with E-state index >= 15 is 0 Å². The lowest BCUT2D eigenvalue weighted by Crippen LogP contribution is -2.01. The van der Waals surface area contributed by atoms with Gasteiger partial charge in [-0.1, -0.05) is 18.2 Å². The predicted molar refractivity (Wildman–Crippen MR) is 92.8 cm³/mol. The second kappa shape index (κ2) is 8.06. The molecule has 5 heteroatoms. The van der Waals surface area contributed by atoms with Gasteiger partial charge in [-0.15, -0.1) is 0 Å². The second-order valence-electron chi connectivity index (χ2n) is 4.93. The zero-order valence-corrected chi connectivity index (χ0v) is 14.2. The number of benzene rings is 2. The van der Waals surface area contributed by atoms with Crippen molar-refractivity contribution < 1.29 is 23.7 Å². The molecule has 0 unspecified atom stereocenters. The van der Waals surface area contributed by atoms with E-state index in [1.807, 2.05) is 30.4 Å². The summed E-state index contributed by atoms with van der Waals surface area (Å²) >= 11 is 0. The Labute approximate surface area is 141 Å². The van der Waals surface area contributed by atoms with Gasteiger partial charge in [0.2, 0.25) is 0 Å². The van der Waals surface area contributed by atoms with Gasteiger partial charge in [0.05, 0.1) is 34.0 Å². The molecule has 5 nitrogen and oxygen atoms in total. The first-order valence-electron chi connectivity index (χ1n) is 7.28. The maximum atomic E-state index is 11.6. The summed E-state index contributed by atoms with van der Waals surface area (Å²) in [7, 11) is 6.12. The highest BCUT2D eigenvalue weighted by Crippen LogP contribution is 2.26. The van der Waals surface area contributed by atoms with Gasteiger partial charge < -0.3 is 18.9 Å². The smallest absolute Gasteiger partial charge is 0.337 e. The molecule has 126 valence electrons. The van der Waals surface area contributed by atoms with E-state index in [-0.39, 0.29) is 0 Å². The first-order chi connectivity index (χ1) is 11.6. The van der Waals surface area contributed by atoms with Crippen LogP contribution >= 0.6 is 0 Å². The van der Waals surface area contributed by atoms with Crippen LogP contribution in [0, 0.1) is 0 Å². The average molecular weight is 328 g/mol. The van der Waals surface area contributed by atoms with Gasteiger partial charge in [0.25, 0.3) is 0 Å². The highest BCUT2D eigenvalue weighted by atomic mass is 16.5. The molecular formula is C19H20O5. The lowest BCUT2D eigenvalue weighted by atomic mass is 10.1. The third-order valence-electron chi connectivity index (χ3n) is 3.48. The van der Waals surface area contributed by atoms with Crippen LogP contribution in [0.5, 0.6) is 17.2 Å². The Kier molecular flexibility index (Phi) is 5.84. The molecule has 0 N–H and O–H groups in total. The molecule has 0 amide bonds. The van der Waals surface area contributed by atoms with Crippen molar-refractivity contribution in [2.45, 2.75) is 0 Å². The number of hydrogen-bond acceptors (Lipinski definition) is 5. The largest absolute Gasteiger partial charge is 0.497 e. The van der Waals surface area contributed by atoms with Crippen molar-refractivity contribution in [2.24, 2.45) is 0 Å². The summed E-state index contributed by atoms with van der Waals surface area (Å²) < 4.78 is 20.6. The van der Waals surface area contributed by atoms with Gasteiger partial charge in [0.1, 0.15) is 17.2 Å². The number of carbonyl (C=O) groups is 1. The highest BCUT2D eigenvalue weighted by molar-refractivity contribution is 5.90. The molecule has 0 aliphatic heterocycles. The standard InChI is InChI=1S/C19H20O5/c1-21-16-9-13(10-17(12-16)22-2)5-6-14-7-8-15(19(20)24-4)11-18(14)23-3/h5-12H,1-4H3/b6-5+. The molecule has 0 heterocycles. The molecule has 0 atom stereocenters. The summed E-state index contributed by atoms with van der Waals surface area (Å²) in [5.41, 5.74) is 2.20. The molecule has 2 aromatic carbocycles. The Balaban J connectivity index is 2.33. The lowest BCUT2D eigenvalue weighted by Gasteiger charge is -2.08. The minimum absolute atomic E-state index is 0.402. The quantitative estimate of drug-likeness (QED) is 0.598. The number of methoxy groups -OCH3 is 4. The highest BCUT2D eigenvalue weighted by Gasteiger charge is 2.09. The van der Waals surface area contributed by atoms with Crippen molar-refractivity contribution in [3.05, 3.63) is 53.1 Å².